The SMILES string of the molecule is COC(=O)CC(NC1CC1)C(F)(F)F. The van der Waals surface area contributed by atoms with E-state index in [1.807, 2.05) is 0 Å². The Hall–Kier alpha value is -0.780. The lowest BCUT2D eigenvalue weighted by Gasteiger charge is -2.20. The van der Waals surface area contributed by atoms with E-state index < -0.39 is 24.6 Å². The molecule has 0 saturated heterocycles. The first-order valence-corrected chi connectivity index (χ1v) is 4.33. The van der Waals surface area contributed by atoms with Gasteiger partial charge in [0.2, 0.25) is 0 Å². The van der Waals surface area contributed by atoms with Crippen LogP contribution >= 0.6 is 0 Å². The topological polar surface area (TPSA) is 38.3 Å². The van der Waals surface area contributed by atoms with Crippen LogP contribution in [0, 0.1) is 0 Å². The molecule has 0 amide bonds. The second-order valence-corrected chi connectivity index (χ2v) is 3.32. The molecule has 1 atom stereocenters. The third-order valence-corrected chi connectivity index (χ3v) is 2.01. The zero-order valence-corrected chi connectivity index (χ0v) is 7.73. The van der Waals surface area contributed by atoms with Crippen LogP contribution in [0.3, 0.4) is 0 Å². The maximum absolute atomic E-state index is 12.3. The van der Waals surface area contributed by atoms with Crippen molar-refractivity contribution in [3.05, 3.63) is 0 Å². The highest BCUT2D eigenvalue weighted by molar-refractivity contribution is 5.70. The Kier molecular flexibility index (Phi) is 3.36. The number of rotatable bonds is 4. The highest BCUT2D eigenvalue weighted by atomic mass is 19.4. The molecule has 0 aromatic carbocycles. The van der Waals surface area contributed by atoms with Gasteiger partial charge in [-0.05, 0) is 12.8 Å². The third kappa shape index (κ3) is 3.53. The van der Waals surface area contributed by atoms with E-state index in [2.05, 4.69) is 10.1 Å². The van der Waals surface area contributed by atoms with Gasteiger partial charge in [0.15, 0.2) is 0 Å². The van der Waals surface area contributed by atoms with Crippen LogP contribution in [-0.2, 0) is 9.53 Å². The quantitative estimate of drug-likeness (QED) is 0.711. The van der Waals surface area contributed by atoms with Gasteiger partial charge in [-0.25, -0.2) is 0 Å². The summed E-state index contributed by atoms with van der Waals surface area (Å²) in [6.45, 7) is 0. The van der Waals surface area contributed by atoms with Gasteiger partial charge in [0, 0.05) is 6.04 Å². The summed E-state index contributed by atoms with van der Waals surface area (Å²) in [6.07, 6.45) is -3.56. The van der Waals surface area contributed by atoms with Crippen LogP contribution in [-0.4, -0.2) is 31.3 Å². The van der Waals surface area contributed by atoms with Crippen molar-refractivity contribution in [2.75, 3.05) is 7.11 Å². The average molecular weight is 211 g/mol. The summed E-state index contributed by atoms with van der Waals surface area (Å²) in [4.78, 5) is 10.7. The Morgan fingerprint density at radius 3 is 2.50 bits per heavy atom. The molecule has 0 aliphatic heterocycles. The molecule has 0 aromatic rings. The van der Waals surface area contributed by atoms with Gasteiger partial charge in [-0.1, -0.05) is 0 Å². The van der Waals surface area contributed by atoms with Crippen molar-refractivity contribution < 1.29 is 22.7 Å². The van der Waals surface area contributed by atoms with Crippen molar-refractivity contribution in [2.24, 2.45) is 0 Å². The molecule has 0 heterocycles. The highest BCUT2D eigenvalue weighted by Crippen LogP contribution is 2.27. The Balaban J connectivity index is 2.47. The van der Waals surface area contributed by atoms with Crippen molar-refractivity contribution in [3.8, 4) is 0 Å². The minimum Gasteiger partial charge on any atom is -0.469 e. The molecular weight excluding hydrogens is 199 g/mol. The van der Waals surface area contributed by atoms with Crippen LogP contribution in [0.15, 0.2) is 0 Å². The number of hydrogen-bond donors (Lipinski definition) is 1. The van der Waals surface area contributed by atoms with Crippen molar-refractivity contribution in [1.82, 2.24) is 5.32 Å². The van der Waals surface area contributed by atoms with Crippen molar-refractivity contribution in [1.29, 1.82) is 0 Å². The van der Waals surface area contributed by atoms with Crippen LogP contribution in [0.4, 0.5) is 13.2 Å². The molecule has 1 aliphatic rings. The summed E-state index contributed by atoms with van der Waals surface area (Å²) >= 11 is 0. The first-order chi connectivity index (χ1) is 6.43. The fourth-order valence-corrected chi connectivity index (χ4v) is 1.05. The molecule has 6 heteroatoms. The Morgan fingerprint density at radius 2 is 2.14 bits per heavy atom. The second kappa shape index (κ2) is 4.16. The first kappa shape index (κ1) is 11.3. The van der Waals surface area contributed by atoms with E-state index in [1.54, 1.807) is 0 Å². The molecule has 1 rings (SSSR count). The Morgan fingerprint density at radius 1 is 1.57 bits per heavy atom. The number of esters is 1. The van der Waals surface area contributed by atoms with Crippen LogP contribution in [0.1, 0.15) is 19.3 Å². The largest absolute Gasteiger partial charge is 0.469 e. The fraction of sp³-hybridized carbons (Fsp3) is 0.875. The Labute approximate surface area is 79.6 Å². The van der Waals surface area contributed by atoms with E-state index in [-0.39, 0.29) is 6.04 Å². The molecular formula is C8H12F3NO2. The van der Waals surface area contributed by atoms with Crippen LogP contribution in [0.5, 0.6) is 0 Å². The summed E-state index contributed by atoms with van der Waals surface area (Å²) in [5.74, 6) is -0.847. The number of alkyl halides is 3. The molecule has 0 radical (unpaired) electrons. The number of methoxy groups -OCH3 is 1. The van der Waals surface area contributed by atoms with Crippen LogP contribution in [0.25, 0.3) is 0 Å². The normalized spacial score (nSPS) is 19.1. The number of carbonyl (C=O) groups is 1. The molecule has 14 heavy (non-hydrogen) atoms. The van der Waals surface area contributed by atoms with Gasteiger partial charge in [0.1, 0.15) is 6.04 Å². The number of hydrogen-bond acceptors (Lipinski definition) is 3. The number of carbonyl (C=O) groups excluding carboxylic acids is 1. The fourth-order valence-electron chi connectivity index (χ4n) is 1.05. The van der Waals surface area contributed by atoms with Gasteiger partial charge >= 0.3 is 12.1 Å². The van der Waals surface area contributed by atoms with Gasteiger partial charge < -0.3 is 10.1 Å². The van der Waals surface area contributed by atoms with E-state index >= 15 is 0 Å². The lowest BCUT2D eigenvalue weighted by molar-refractivity contribution is -0.168. The monoisotopic (exact) mass is 211 g/mol. The van der Waals surface area contributed by atoms with Crippen molar-refractivity contribution in [2.45, 2.75) is 37.5 Å². The van der Waals surface area contributed by atoms with Gasteiger partial charge in [0.05, 0.1) is 13.5 Å². The molecule has 1 aliphatic carbocycles. The summed E-state index contributed by atoms with van der Waals surface area (Å²) in [6, 6.07) is -1.87. The average Bonchev–Trinajstić information content (AvgIpc) is 2.85. The molecule has 0 aromatic heterocycles. The van der Waals surface area contributed by atoms with Gasteiger partial charge in [-0.2, -0.15) is 13.2 Å². The maximum atomic E-state index is 12.3. The van der Waals surface area contributed by atoms with E-state index in [1.165, 1.54) is 0 Å². The minimum absolute atomic E-state index is 0.0914. The maximum Gasteiger partial charge on any atom is 0.404 e. The second-order valence-electron chi connectivity index (χ2n) is 3.32. The lowest BCUT2D eigenvalue weighted by Crippen LogP contribution is -2.44. The van der Waals surface area contributed by atoms with Crippen LogP contribution < -0.4 is 5.32 Å². The summed E-state index contributed by atoms with van der Waals surface area (Å²) in [7, 11) is 1.08. The molecule has 1 fully saturated rings. The summed E-state index contributed by atoms with van der Waals surface area (Å²) in [5.41, 5.74) is 0. The van der Waals surface area contributed by atoms with E-state index in [0.717, 1.165) is 20.0 Å². The van der Waals surface area contributed by atoms with Gasteiger partial charge in [-0.3, -0.25) is 4.79 Å². The van der Waals surface area contributed by atoms with E-state index in [9.17, 15) is 18.0 Å². The lowest BCUT2D eigenvalue weighted by atomic mass is 10.2. The molecule has 0 spiro atoms. The van der Waals surface area contributed by atoms with Gasteiger partial charge in [-0.15, -0.1) is 0 Å². The number of ether oxygens (including phenoxy) is 1. The molecule has 82 valence electrons. The third-order valence-electron chi connectivity index (χ3n) is 2.01. The zero-order valence-electron chi connectivity index (χ0n) is 7.73. The van der Waals surface area contributed by atoms with Gasteiger partial charge in [0.25, 0.3) is 0 Å². The Bertz CT molecular complexity index is 213. The minimum atomic E-state index is -4.39. The molecule has 1 unspecified atom stereocenters. The summed E-state index contributed by atoms with van der Waals surface area (Å²) < 4.78 is 41.2. The number of nitrogens with one attached hydrogen (secondary N) is 1. The first-order valence-electron chi connectivity index (χ1n) is 4.33. The molecule has 3 nitrogen and oxygen atoms in total. The highest BCUT2D eigenvalue weighted by Gasteiger charge is 2.43. The van der Waals surface area contributed by atoms with Crippen molar-refractivity contribution in [3.63, 3.8) is 0 Å². The number of halogens is 3. The van der Waals surface area contributed by atoms with E-state index in [0.29, 0.717) is 0 Å². The standard InChI is InChI=1S/C8H12F3NO2/c1-14-7(13)4-6(8(9,10)11)12-5-2-3-5/h5-6,12H,2-4H2,1H3. The molecule has 1 saturated carbocycles. The molecule has 0 bridgehead atoms. The van der Waals surface area contributed by atoms with Crippen LogP contribution in [0.2, 0.25) is 0 Å². The smallest absolute Gasteiger partial charge is 0.404 e. The van der Waals surface area contributed by atoms with E-state index in [4.69, 9.17) is 0 Å². The molecule has 1 N–H and O–H groups in total. The van der Waals surface area contributed by atoms with Crippen molar-refractivity contribution >= 4 is 5.97 Å². The summed E-state index contributed by atoms with van der Waals surface area (Å²) in [5, 5.41) is 2.37. The predicted octanol–water partition coefficient (Wildman–Crippen LogP) is 1.23. The zero-order chi connectivity index (χ0) is 10.8. The predicted molar refractivity (Wildman–Crippen MR) is 42.6 cm³/mol.